The second-order valence-electron chi connectivity index (χ2n) is 6.82. The lowest BCUT2D eigenvalue weighted by atomic mass is 10.2. The number of ether oxygens (including phenoxy) is 1. The smallest absolute Gasteiger partial charge is 0.262 e. The Morgan fingerprint density at radius 1 is 1.21 bits per heavy atom. The van der Waals surface area contributed by atoms with Crippen molar-refractivity contribution in [2.24, 2.45) is 0 Å². The molecule has 0 unspecified atom stereocenters. The van der Waals surface area contributed by atoms with Crippen LogP contribution in [0.1, 0.15) is 25.8 Å². The van der Waals surface area contributed by atoms with Gasteiger partial charge in [-0.2, -0.15) is 0 Å². The number of carbonyl (C=O) groups excluding carboxylic acids is 1. The summed E-state index contributed by atoms with van der Waals surface area (Å²) >= 11 is 1.28. The van der Waals surface area contributed by atoms with Crippen LogP contribution < -0.4 is 15.6 Å². The first-order valence-electron chi connectivity index (χ1n) is 9.56. The van der Waals surface area contributed by atoms with Crippen LogP contribution in [-0.4, -0.2) is 34.4 Å². The molecule has 0 bridgehead atoms. The van der Waals surface area contributed by atoms with Crippen LogP contribution in [0, 0.1) is 0 Å². The number of amides is 1. The number of nitrogens with one attached hydrogen (secondary N) is 1. The number of fused-ring (bicyclic) bond motifs is 1. The zero-order valence-electron chi connectivity index (χ0n) is 16.8. The highest BCUT2D eigenvalue weighted by Gasteiger charge is 2.14. The number of carbonyl (C=O) groups is 1. The molecule has 3 aromatic rings. The molecule has 0 aliphatic rings. The van der Waals surface area contributed by atoms with Crippen molar-refractivity contribution in [1.82, 2.24) is 14.9 Å². The molecule has 6 nitrogen and oxygen atoms in total. The zero-order chi connectivity index (χ0) is 20.8. The van der Waals surface area contributed by atoms with E-state index in [4.69, 9.17) is 4.74 Å². The van der Waals surface area contributed by atoms with Gasteiger partial charge >= 0.3 is 0 Å². The molecular weight excluding hydrogens is 386 g/mol. The summed E-state index contributed by atoms with van der Waals surface area (Å²) in [5, 5.41) is 4.04. The van der Waals surface area contributed by atoms with E-state index in [-0.39, 0.29) is 23.3 Å². The van der Waals surface area contributed by atoms with Crippen LogP contribution in [0.15, 0.2) is 58.5 Å². The van der Waals surface area contributed by atoms with Crippen molar-refractivity contribution in [3.8, 4) is 5.75 Å². The van der Waals surface area contributed by atoms with Crippen LogP contribution >= 0.6 is 11.8 Å². The predicted octanol–water partition coefficient (Wildman–Crippen LogP) is 3.46. The summed E-state index contributed by atoms with van der Waals surface area (Å²) in [5.41, 5.74) is 1.47. The Bertz CT molecular complexity index is 1050. The number of nitrogens with zero attached hydrogens (tertiary/aromatic N) is 2. The third kappa shape index (κ3) is 5.17. The Kier molecular flexibility index (Phi) is 6.93. The highest BCUT2D eigenvalue weighted by Crippen LogP contribution is 2.20. The number of rotatable bonds is 8. The Hall–Kier alpha value is -2.80. The maximum absolute atomic E-state index is 13.1. The molecule has 152 valence electrons. The van der Waals surface area contributed by atoms with E-state index in [1.165, 1.54) is 11.8 Å². The number of para-hydroxylation sites is 1. The van der Waals surface area contributed by atoms with E-state index in [0.29, 0.717) is 22.6 Å². The minimum absolute atomic E-state index is 0.0669. The van der Waals surface area contributed by atoms with Gasteiger partial charge in [-0.25, -0.2) is 4.98 Å². The van der Waals surface area contributed by atoms with Gasteiger partial charge in [0.2, 0.25) is 5.91 Å². The summed E-state index contributed by atoms with van der Waals surface area (Å²) in [4.78, 5) is 30.0. The molecule has 0 radical (unpaired) electrons. The number of methoxy groups -OCH3 is 1. The van der Waals surface area contributed by atoms with Crippen molar-refractivity contribution in [1.29, 1.82) is 0 Å². The minimum atomic E-state index is -0.115. The van der Waals surface area contributed by atoms with Crippen LogP contribution in [0.25, 0.3) is 10.9 Å². The summed E-state index contributed by atoms with van der Waals surface area (Å²) in [7, 11) is 1.62. The highest BCUT2D eigenvalue weighted by molar-refractivity contribution is 7.99. The van der Waals surface area contributed by atoms with E-state index in [9.17, 15) is 9.59 Å². The largest absolute Gasteiger partial charge is 0.497 e. The van der Waals surface area contributed by atoms with Crippen molar-refractivity contribution in [2.75, 3.05) is 12.9 Å². The molecule has 0 spiro atoms. The number of hydrogen-bond donors (Lipinski definition) is 1. The van der Waals surface area contributed by atoms with Crippen molar-refractivity contribution in [3.05, 3.63) is 64.4 Å². The number of aromatic nitrogens is 2. The monoisotopic (exact) mass is 411 g/mol. The molecule has 0 aliphatic heterocycles. The van der Waals surface area contributed by atoms with Crippen LogP contribution in [0.2, 0.25) is 0 Å². The molecule has 0 saturated heterocycles. The van der Waals surface area contributed by atoms with E-state index in [0.717, 1.165) is 17.7 Å². The molecule has 7 heteroatoms. The summed E-state index contributed by atoms with van der Waals surface area (Å²) in [6.07, 6.45) is 0.868. The average molecular weight is 412 g/mol. The Morgan fingerprint density at radius 2 is 1.93 bits per heavy atom. The van der Waals surface area contributed by atoms with Crippen LogP contribution in [-0.2, 0) is 11.3 Å². The van der Waals surface area contributed by atoms with Gasteiger partial charge < -0.3 is 10.1 Å². The Morgan fingerprint density at radius 3 is 2.62 bits per heavy atom. The summed E-state index contributed by atoms with van der Waals surface area (Å²) in [6, 6.07) is 15.0. The summed E-state index contributed by atoms with van der Waals surface area (Å²) in [5.74, 6) is 0.898. The van der Waals surface area contributed by atoms with E-state index in [1.54, 1.807) is 17.7 Å². The lowest BCUT2D eigenvalue weighted by Crippen LogP contribution is -2.33. The third-order valence-corrected chi connectivity index (χ3v) is 5.65. The third-order valence-electron chi connectivity index (χ3n) is 4.68. The summed E-state index contributed by atoms with van der Waals surface area (Å²) < 4.78 is 6.83. The molecule has 0 aliphatic carbocycles. The average Bonchev–Trinajstić information content (AvgIpc) is 2.75. The lowest BCUT2D eigenvalue weighted by molar-refractivity contribution is -0.119. The molecule has 0 saturated carbocycles. The lowest BCUT2D eigenvalue weighted by Gasteiger charge is -2.14. The van der Waals surface area contributed by atoms with Crippen molar-refractivity contribution >= 4 is 28.6 Å². The van der Waals surface area contributed by atoms with Gasteiger partial charge in [-0.1, -0.05) is 43.0 Å². The molecular formula is C22H25N3O3S. The number of hydrogen-bond acceptors (Lipinski definition) is 5. The molecule has 29 heavy (non-hydrogen) atoms. The van der Waals surface area contributed by atoms with Gasteiger partial charge in [0.25, 0.3) is 5.56 Å². The van der Waals surface area contributed by atoms with Gasteiger partial charge in [-0.3, -0.25) is 14.2 Å². The maximum atomic E-state index is 13.1. The van der Waals surface area contributed by atoms with Gasteiger partial charge in [-0.05, 0) is 43.2 Å². The molecule has 2 aromatic carbocycles. The first kappa shape index (κ1) is 20.9. The van der Waals surface area contributed by atoms with E-state index in [2.05, 4.69) is 10.3 Å². The predicted molar refractivity (Wildman–Crippen MR) is 117 cm³/mol. The van der Waals surface area contributed by atoms with E-state index < -0.39 is 0 Å². The van der Waals surface area contributed by atoms with Gasteiger partial charge in [0, 0.05) is 6.04 Å². The SMILES string of the molecule is CC[C@H](C)NC(=O)CSc1nc2ccccc2c(=O)n1Cc1ccc(OC)cc1. The first-order chi connectivity index (χ1) is 14.0. The van der Waals surface area contributed by atoms with Crippen molar-refractivity contribution in [2.45, 2.75) is 38.0 Å². The second-order valence-corrected chi connectivity index (χ2v) is 7.76. The molecule has 1 heterocycles. The second kappa shape index (κ2) is 9.60. The Labute approximate surface area is 174 Å². The molecule has 0 fully saturated rings. The number of thioether (sulfide) groups is 1. The highest BCUT2D eigenvalue weighted by atomic mass is 32.2. The standard InChI is InChI=1S/C22H25N3O3S/c1-4-15(2)23-20(26)14-29-22-24-19-8-6-5-7-18(19)21(27)25(22)13-16-9-11-17(28-3)12-10-16/h5-12,15H,4,13-14H2,1-3H3,(H,23,26)/t15-/m0/s1. The van der Waals surface area contributed by atoms with Gasteiger partial charge in [-0.15, -0.1) is 0 Å². The fourth-order valence-electron chi connectivity index (χ4n) is 2.86. The van der Waals surface area contributed by atoms with Crippen LogP contribution in [0.5, 0.6) is 5.75 Å². The fourth-order valence-corrected chi connectivity index (χ4v) is 3.67. The topological polar surface area (TPSA) is 73.2 Å². The molecule has 1 amide bonds. The fraction of sp³-hybridized carbons (Fsp3) is 0.318. The zero-order valence-corrected chi connectivity index (χ0v) is 17.7. The van der Waals surface area contributed by atoms with E-state index >= 15 is 0 Å². The molecule has 1 atom stereocenters. The van der Waals surface area contributed by atoms with Gasteiger partial charge in [0.15, 0.2) is 5.16 Å². The minimum Gasteiger partial charge on any atom is -0.497 e. The molecule has 1 aromatic heterocycles. The Balaban J connectivity index is 1.92. The van der Waals surface area contributed by atoms with Gasteiger partial charge in [0.1, 0.15) is 5.75 Å². The van der Waals surface area contributed by atoms with Gasteiger partial charge in [0.05, 0.1) is 30.3 Å². The summed E-state index contributed by atoms with van der Waals surface area (Å²) in [6.45, 7) is 4.36. The first-order valence-corrected chi connectivity index (χ1v) is 10.5. The van der Waals surface area contributed by atoms with E-state index in [1.807, 2.05) is 56.3 Å². The number of benzene rings is 2. The van der Waals surface area contributed by atoms with Crippen LogP contribution in [0.4, 0.5) is 0 Å². The van der Waals surface area contributed by atoms with Crippen molar-refractivity contribution in [3.63, 3.8) is 0 Å². The normalized spacial score (nSPS) is 12.0. The maximum Gasteiger partial charge on any atom is 0.262 e. The molecule has 3 rings (SSSR count). The molecule has 1 N–H and O–H groups in total. The van der Waals surface area contributed by atoms with Crippen molar-refractivity contribution < 1.29 is 9.53 Å². The quantitative estimate of drug-likeness (QED) is 0.454. The van der Waals surface area contributed by atoms with Crippen LogP contribution in [0.3, 0.4) is 0 Å².